The van der Waals surface area contributed by atoms with Crippen LogP contribution in [0.15, 0.2) is 52.3 Å². The fourth-order valence-corrected chi connectivity index (χ4v) is 2.82. The second-order valence-electron chi connectivity index (χ2n) is 5.20. The minimum absolute atomic E-state index is 0.198. The number of nitro groups is 1. The smallest absolute Gasteiger partial charge is 0.433 e. The van der Waals surface area contributed by atoms with Crippen molar-refractivity contribution >= 4 is 40.4 Å². The van der Waals surface area contributed by atoms with Gasteiger partial charge in [-0.1, -0.05) is 6.07 Å². The summed E-state index contributed by atoms with van der Waals surface area (Å²) in [6.07, 6.45) is 0. The summed E-state index contributed by atoms with van der Waals surface area (Å²) >= 11 is 1.31. The van der Waals surface area contributed by atoms with Crippen LogP contribution in [0.1, 0.15) is 20.2 Å². The maximum absolute atomic E-state index is 12.2. The van der Waals surface area contributed by atoms with Gasteiger partial charge in [0.05, 0.1) is 23.7 Å². The largest absolute Gasteiger partial charge is 0.494 e. The zero-order valence-electron chi connectivity index (χ0n) is 13.9. The summed E-state index contributed by atoms with van der Waals surface area (Å²) in [7, 11) is 1.43. The van der Waals surface area contributed by atoms with Gasteiger partial charge in [-0.2, -0.15) is 0 Å². The van der Waals surface area contributed by atoms with Crippen molar-refractivity contribution < 1.29 is 23.7 Å². The highest BCUT2D eigenvalue weighted by molar-refractivity contribution is 7.12. The number of hydrogen-bond acceptors (Lipinski definition) is 7. The van der Waals surface area contributed by atoms with Crippen molar-refractivity contribution in [2.45, 2.75) is 0 Å². The molecule has 138 valence electrons. The number of furan rings is 1. The van der Waals surface area contributed by atoms with E-state index in [0.717, 1.165) is 6.07 Å². The molecule has 0 spiro atoms. The van der Waals surface area contributed by atoms with Crippen LogP contribution < -0.4 is 15.4 Å². The summed E-state index contributed by atoms with van der Waals surface area (Å²) in [6.45, 7) is 0. The number of hydrogen-bond donors (Lipinski definition) is 2. The monoisotopic (exact) mass is 387 g/mol. The van der Waals surface area contributed by atoms with E-state index in [-0.39, 0.29) is 11.7 Å². The molecule has 0 saturated carbocycles. The van der Waals surface area contributed by atoms with Gasteiger partial charge >= 0.3 is 5.88 Å². The molecule has 0 unspecified atom stereocenters. The van der Waals surface area contributed by atoms with Gasteiger partial charge in [-0.05, 0) is 29.6 Å². The van der Waals surface area contributed by atoms with Crippen molar-refractivity contribution in [3.05, 3.63) is 68.6 Å². The number of carbonyl (C=O) groups excluding carboxylic acids is 2. The molecular weight excluding hydrogens is 374 g/mol. The van der Waals surface area contributed by atoms with Crippen LogP contribution in [-0.4, -0.2) is 23.8 Å². The third-order valence-corrected chi connectivity index (χ3v) is 4.32. The molecule has 3 aromatic rings. The van der Waals surface area contributed by atoms with Gasteiger partial charge in [-0.25, -0.2) is 0 Å². The van der Waals surface area contributed by atoms with Gasteiger partial charge in [-0.3, -0.25) is 19.7 Å². The molecule has 9 nitrogen and oxygen atoms in total. The van der Waals surface area contributed by atoms with Crippen molar-refractivity contribution in [2.75, 3.05) is 17.7 Å². The third kappa shape index (κ3) is 4.12. The zero-order chi connectivity index (χ0) is 19.4. The Bertz CT molecular complexity index is 996. The molecule has 1 aromatic carbocycles. The molecule has 2 N–H and O–H groups in total. The van der Waals surface area contributed by atoms with Gasteiger partial charge in [0.1, 0.15) is 10.7 Å². The molecule has 27 heavy (non-hydrogen) atoms. The Kier molecular flexibility index (Phi) is 5.18. The predicted octanol–water partition coefficient (Wildman–Crippen LogP) is 3.76. The topological polar surface area (TPSA) is 124 Å². The van der Waals surface area contributed by atoms with E-state index in [2.05, 4.69) is 10.6 Å². The predicted molar refractivity (Wildman–Crippen MR) is 98.6 cm³/mol. The lowest BCUT2D eigenvalue weighted by Crippen LogP contribution is -2.13. The summed E-state index contributed by atoms with van der Waals surface area (Å²) in [4.78, 5) is 34.7. The number of nitrogens with one attached hydrogen (secondary N) is 2. The summed E-state index contributed by atoms with van der Waals surface area (Å²) in [5.41, 5.74) is 0.799. The first-order valence-corrected chi connectivity index (χ1v) is 8.44. The highest BCUT2D eigenvalue weighted by Crippen LogP contribution is 2.29. The Labute approximate surface area is 156 Å². The molecule has 10 heteroatoms. The van der Waals surface area contributed by atoms with E-state index in [0.29, 0.717) is 22.0 Å². The minimum atomic E-state index is -0.731. The molecule has 0 bridgehead atoms. The molecular formula is C17H13N3O6S. The number of anilines is 2. The van der Waals surface area contributed by atoms with Crippen molar-refractivity contribution in [2.24, 2.45) is 0 Å². The summed E-state index contributed by atoms with van der Waals surface area (Å²) in [5, 5.41) is 17.7. The van der Waals surface area contributed by atoms with Gasteiger partial charge in [-0.15, -0.1) is 11.3 Å². The zero-order valence-corrected chi connectivity index (χ0v) is 14.7. The van der Waals surface area contributed by atoms with Crippen molar-refractivity contribution in [3.63, 3.8) is 0 Å². The Morgan fingerprint density at radius 2 is 1.96 bits per heavy atom. The van der Waals surface area contributed by atoms with Crippen LogP contribution in [0.3, 0.4) is 0 Å². The lowest BCUT2D eigenvalue weighted by Gasteiger charge is -2.12. The lowest BCUT2D eigenvalue weighted by atomic mass is 10.2. The fraction of sp³-hybridized carbons (Fsp3) is 0.0588. The highest BCUT2D eigenvalue weighted by Gasteiger charge is 2.18. The molecule has 0 aliphatic carbocycles. The number of benzene rings is 1. The van der Waals surface area contributed by atoms with Crippen LogP contribution in [0.2, 0.25) is 0 Å². The Balaban J connectivity index is 1.74. The number of rotatable bonds is 6. The highest BCUT2D eigenvalue weighted by atomic mass is 32.1. The maximum Gasteiger partial charge on any atom is 0.433 e. The first kappa shape index (κ1) is 18.1. The van der Waals surface area contributed by atoms with Crippen molar-refractivity contribution in [1.29, 1.82) is 0 Å². The molecule has 0 fully saturated rings. The third-order valence-electron chi connectivity index (χ3n) is 3.45. The van der Waals surface area contributed by atoms with Gasteiger partial charge in [0.15, 0.2) is 5.76 Å². The molecule has 2 heterocycles. The van der Waals surface area contributed by atoms with Crippen molar-refractivity contribution in [1.82, 2.24) is 0 Å². The number of ether oxygens (including phenoxy) is 1. The fourth-order valence-electron chi connectivity index (χ4n) is 2.20. The Hall–Kier alpha value is -3.66. The minimum Gasteiger partial charge on any atom is -0.494 e. The molecule has 0 atom stereocenters. The molecule has 3 rings (SSSR count). The van der Waals surface area contributed by atoms with Crippen LogP contribution in [-0.2, 0) is 0 Å². The van der Waals surface area contributed by atoms with Gasteiger partial charge in [0.25, 0.3) is 11.8 Å². The van der Waals surface area contributed by atoms with Gasteiger partial charge < -0.3 is 19.8 Å². The van der Waals surface area contributed by atoms with Gasteiger partial charge in [0.2, 0.25) is 0 Å². The molecule has 0 saturated heterocycles. The Morgan fingerprint density at radius 1 is 1.15 bits per heavy atom. The number of amides is 2. The maximum atomic E-state index is 12.2. The quantitative estimate of drug-likeness (QED) is 0.490. The van der Waals surface area contributed by atoms with E-state index in [1.807, 2.05) is 0 Å². The van der Waals surface area contributed by atoms with E-state index in [4.69, 9.17) is 9.15 Å². The average Bonchev–Trinajstić information content (AvgIpc) is 3.34. The number of thiophene rings is 1. The second-order valence-corrected chi connectivity index (χ2v) is 6.14. The van der Waals surface area contributed by atoms with Crippen molar-refractivity contribution in [3.8, 4) is 5.75 Å². The van der Waals surface area contributed by atoms with E-state index >= 15 is 0 Å². The number of nitrogens with zero attached hydrogens (tertiary/aromatic N) is 1. The molecule has 2 aromatic heterocycles. The molecule has 2 amide bonds. The van der Waals surface area contributed by atoms with Crippen LogP contribution in [0.5, 0.6) is 5.75 Å². The normalized spacial score (nSPS) is 10.3. The molecule has 0 aliphatic heterocycles. The van der Waals surface area contributed by atoms with Crippen LogP contribution in [0.25, 0.3) is 0 Å². The first-order chi connectivity index (χ1) is 13.0. The number of carbonyl (C=O) groups is 2. The summed E-state index contributed by atoms with van der Waals surface area (Å²) in [5.74, 6) is -1.31. The van der Waals surface area contributed by atoms with Crippen LogP contribution in [0.4, 0.5) is 17.3 Å². The second kappa shape index (κ2) is 7.70. The van der Waals surface area contributed by atoms with E-state index in [1.165, 1.54) is 30.6 Å². The van der Waals surface area contributed by atoms with Crippen LogP contribution >= 0.6 is 11.3 Å². The average molecular weight is 387 g/mol. The van der Waals surface area contributed by atoms with E-state index in [9.17, 15) is 19.7 Å². The standard InChI is InChI=1S/C17H13N3O6S/c1-25-13-9-10(18-16(21)12-6-7-15(26-12)20(23)24)4-5-11(13)19-17(22)14-3-2-8-27-14/h2-9H,1H3,(H,18,21)(H,19,22). The van der Waals surface area contributed by atoms with E-state index < -0.39 is 16.7 Å². The lowest BCUT2D eigenvalue weighted by molar-refractivity contribution is -0.402. The summed E-state index contributed by atoms with van der Waals surface area (Å²) < 4.78 is 10.1. The van der Waals surface area contributed by atoms with Crippen LogP contribution in [0, 0.1) is 10.1 Å². The van der Waals surface area contributed by atoms with Gasteiger partial charge in [0, 0.05) is 11.8 Å². The van der Waals surface area contributed by atoms with E-state index in [1.54, 1.807) is 29.6 Å². The SMILES string of the molecule is COc1cc(NC(=O)c2ccc([N+](=O)[O-])o2)ccc1NC(=O)c1cccs1. The number of methoxy groups -OCH3 is 1. The Morgan fingerprint density at radius 3 is 2.59 bits per heavy atom. The molecule has 0 aliphatic rings. The molecule has 0 radical (unpaired) electrons. The first-order valence-electron chi connectivity index (χ1n) is 7.56. The summed E-state index contributed by atoms with van der Waals surface area (Å²) in [6, 6.07) is 10.4.